The number of rotatable bonds is 4. The van der Waals surface area contributed by atoms with E-state index in [0.717, 1.165) is 8.47 Å². The van der Waals surface area contributed by atoms with Crippen molar-refractivity contribution in [1.82, 2.24) is 0 Å². The Morgan fingerprint density at radius 2 is 1.13 bits per heavy atom. The van der Waals surface area contributed by atoms with Crippen molar-refractivity contribution in [3.8, 4) is 11.1 Å². The van der Waals surface area contributed by atoms with Gasteiger partial charge in [0.1, 0.15) is 0 Å². The Balaban J connectivity index is 3.19. The van der Waals surface area contributed by atoms with Crippen LogP contribution in [0.1, 0.15) is 34.6 Å². The molecule has 0 saturated carbocycles. The molecule has 2 rings (SSSR count). The van der Waals surface area contributed by atoms with Crippen LogP contribution in [0.3, 0.4) is 0 Å². The summed E-state index contributed by atoms with van der Waals surface area (Å²) in [7, 11) is 0. The average Bonchev–Trinajstić information content (AvgIpc) is 2.59. The van der Waals surface area contributed by atoms with Crippen LogP contribution in [0.4, 0.5) is 5.69 Å². The highest BCUT2D eigenvalue weighted by atomic mass is 127. The Labute approximate surface area is 269 Å². The average molecular weight is 1130 g/mol. The number of nitrogens with zero attached hydrogens (tertiary/aromatic N) is 1. The molecule has 5 nitrogen and oxygen atoms in total. The van der Waals surface area contributed by atoms with E-state index in [2.05, 4.69) is 45.2 Å². The third kappa shape index (κ3) is 5.83. The minimum atomic E-state index is -0.719. The van der Waals surface area contributed by atoms with Gasteiger partial charge < -0.3 is 0 Å². The molecular weight excluding hydrogens is 1130 g/mol. The quantitative estimate of drug-likeness (QED) is 0.234. The molecule has 0 N–H and O–H groups in total. The lowest BCUT2D eigenvalue weighted by Gasteiger charge is -2.26. The van der Waals surface area contributed by atoms with E-state index < -0.39 is 22.3 Å². The molecule has 0 bridgehead atoms. The van der Waals surface area contributed by atoms with Gasteiger partial charge in [-0.2, -0.15) is 0 Å². The van der Waals surface area contributed by atoms with Crippen molar-refractivity contribution in [1.29, 1.82) is 0 Å². The molecule has 0 aliphatic heterocycles. The lowest BCUT2D eigenvalue weighted by Crippen LogP contribution is -2.35. The molecule has 0 heterocycles. The maximum Gasteiger partial charge on any atom is 0.254 e. The second-order valence-electron chi connectivity index (χ2n) is 5.87. The standard InChI is InChI=1S/C18H7Cl2I6NO4/c1-4(28)27(5(2)29)16-14(25)10(13(24)11(15(16)26)18(20)31)8-6(21)3-7(22)9(12(8)23)17(19)30/h3H,1-2H3. The fraction of sp³-hybridized carbons (Fsp3) is 0.111. The van der Waals surface area contributed by atoms with Crippen LogP contribution in [0, 0.1) is 21.4 Å². The van der Waals surface area contributed by atoms with Crippen molar-refractivity contribution in [3.05, 3.63) is 38.6 Å². The van der Waals surface area contributed by atoms with Gasteiger partial charge in [0.05, 0.1) is 20.4 Å². The molecule has 31 heavy (non-hydrogen) atoms. The Morgan fingerprint density at radius 3 is 1.55 bits per heavy atom. The first-order chi connectivity index (χ1) is 14.2. The van der Waals surface area contributed by atoms with Crippen molar-refractivity contribution in [3.63, 3.8) is 0 Å². The summed E-state index contributed by atoms with van der Waals surface area (Å²) < 4.78 is 3.61. The minimum absolute atomic E-state index is 0.185. The van der Waals surface area contributed by atoms with E-state index in [4.69, 9.17) is 23.2 Å². The highest BCUT2D eigenvalue weighted by molar-refractivity contribution is 14.1. The SMILES string of the molecule is CC(=O)N(C(C)=O)c1c(I)c(C(=O)Cl)c(I)c(-c2c(I)cc(I)c(C(=O)Cl)c2I)c1I. The molecule has 0 fully saturated rings. The second kappa shape index (κ2) is 11.7. The zero-order chi connectivity index (χ0) is 23.9. The molecule has 2 aromatic carbocycles. The highest BCUT2D eigenvalue weighted by Crippen LogP contribution is 2.46. The van der Waals surface area contributed by atoms with E-state index in [-0.39, 0.29) is 11.3 Å². The zero-order valence-electron chi connectivity index (χ0n) is 15.2. The van der Waals surface area contributed by atoms with Gasteiger partial charge in [0.15, 0.2) is 0 Å². The molecule has 0 radical (unpaired) electrons. The van der Waals surface area contributed by atoms with E-state index in [1.165, 1.54) is 13.8 Å². The number of anilines is 1. The number of hydrogen-bond donors (Lipinski definition) is 0. The molecule has 2 aromatic rings. The number of carbonyl (C=O) groups excluding carboxylic acids is 4. The van der Waals surface area contributed by atoms with E-state index in [0.29, 0.717) is 34.5 Å². The molecule has 0 aromatic heterocycles. The summed E-state index contributed by atoms with van der Waals surface area (Å²) in [5.41, 5.74) is 2.08. The molecule has 0 aliphatic carbocycles. The van der Waals surface area contributed by atoms with E-state index in [1.54, 1.807) is 0 Å². The monoisotopic (exact) mass is 1130 g/mol. The summed E-state index contributed by atoms with van der Waals surface area (Å²) in [4.78, 5) is 50.2. The third-order valence-electron chi connectivity index (χ3n) is 3.96. The van der Waals surface area contributed by atoms with Crippen molar-refractivity contribution in [2.45, 2.75) is 13.8 Å². The maximum atomic E-state index is 12.4. The number of amides is 2. The lowest BCUT2D eigenvalue weighted by atomic mass is 10.00. The van der Waals surface area contributed by atoms with Gasteiger partial charge >= 0.3 is 0 Å². The highest BCUT2D eigenvalue weighted by Gasteiger charge is 2.32. The minimum Gasteiger partial charge on any atom is -0.276 e. The smallest absolute Gasteiger partial charge is 0.254 e. The van der Waals surface area contributed by atoms with Crippen LogP contribution in [0.5, 0.6) is 0 Å². The van der Waals surface area contributed by atoms with E-state index in [1.807, 2.05) is 96.4 Å². The van der Waals surface area contributed by atoms with Crippen LogP contribution in [-0.4, -0.2) is 22.3 Å². The summed E-state index contributed by atoms with van der Waals surface area (Å²) in [6, 6.07) is 1.81. The van der Waals surface area contributed by atoms with Gasteiger partial charge in [-0.05, 0) is 165 Å². The van der Waals surface area contributed by atoms with Gasteiger partial charge in [0.2, 0.25) is 11.8 Å². The molecule has 0 spiro atoms. The number of carbonyl (C=O) groups is 4. The van der Waals surface area contributed by atoms with E-state index >= 15 is 0 Å². The molecule has 0 unspecified atom stereocenters. The Kier molecular flexibility index (Phi) is 11.0. The zero-order valence-corrected chi connectivity index (χ0v) is 29.6. The van der Waals surface area contributed by atoms with Gasteiger partial charge in [0.25, 0.3) is 10.5 Å². The van der Waals surface area contributed by atoms with Crippen LogP contribution >= 0.6 is 159 Å². The van der Waals surface area contributed by atoms with Crippen LogP contribution in [0.25, 0.3) is 11.1 Å². The second-order valence-corrected chi connectivity index (χ2v) is 13.2. The normalized spacial score (nSPS) is 10.8. The predicted octanol–water partition coefficient (Wildman–Crippen LogP) is 7.64. The summed E-state index contributed by atoms with van der Waals surface area (Å²) in [5, 5.41) is -1.33. The van der Waals surface area contributed by atoms with Gasteiger partial charge in [-0.1, -0.05) is 0 Å². The molecule has 13 heteroatoms. The predicted molar refractivity (Wildman–Crippen MR) is 172 cm³/mol. The van der Waals surface area contributed by atoms with Crippen molar-refractivity contribution < 1.29 is 19.2 Å². The van der Waals surface area contributed by atoms with Crippen LogP contribution in [0.2, 0.25) is 0 Å². The van der Waals surface area contributed by atoms with Gasteiger partial charge in [-0.3, -0.25) is 19.2 Å². The Morgan fingerprint density at radius 1 is 0.677 bits per heavy atom. The largest absolute Gasteiger partial charge is 0.276 e. The number of benzene rings is 2. The summed E-state index contributed by atoms with van der Waals surface area (Å²) in [6.07, 6.45) is 0. The van der Waals surface area contributed by atoms with Gasteiger partial charge in [-0.15, -0.1) is 0 Å². The van der Waals surface area contributed by atoms with E-state index in [9.17, 15) is 19.2 Å². The van der Waals surface area contributed by atoms with Crippen molar-refractivity contribution >= 4 is 187 Å². The first kappa shape index (κ1) is 29.1. The maximum absolute atomic E-state index is 12.4. The fourth-order valence-corrected chi connectivity index (χ4v) is 12.9. The van der Waals surface area contributed by atoms with Gasteiger partial charge in [-0.25, -0.2) is 4.90 Å². The van der Waals surface area contributed by atoms with Gasteiger partial charge in [0, 0.05) is 42.8 Å². The molecule has 0 atom stereocenters. The summed E-state index contributed by atoms with van der Waals surface area (Å²) >= 11 is 24.0. The molecular formula is C18H7Cl2I6NO4. The number of imide groups is 1. The number of halogens is 8. The summed E-state index contributed by atoms with van der Waals surface area (Å²) in [6.45, 7) is 2.55. The molecule has 2 amide bonds. The van der Waals surface area contributed by atoms with Crippen molar-refractivity contribution in [2.75, 3.05) is 4.90 Å². The number of hydrogen-bond acceptors (Lipinski definition) is 4. The topological polar surface area (TPSA) is 71.5 Å². The van der Waals surface area contributed by atoms with Crippen LogP contribution in [0.15, 0.2) is 6.07 Å². The van der Waals surface area contributed by atoms with Crippen LogP contribution < -0.4 is 4.90 Å². The molecule has 0 saturated heterocycles. The fourth-order valence-electron chi connectivity index (χ4n) is 2.78. The lowest BCUT2D eigenvalue weighted by molar-refractivity contribution is -0.124. The Hall–Kier alpha value is 1.88. The summed E-state index contributed by atoms with van der Waals surface area (Å²) in [5.74, 6) is -0.987. The first-order valence-corrected chi connectivity index (χ1v) is 15.1. The van der Waals surface area contributed by atoms with Crippen molar-refractivity contribution in [2.24, 2.45) is 0 Å². The third-order valence-corrected chi connectivity index (χ3v) is 10.3. The van der Waals surface area contributed by atoms with Crippen LogP contribution in [-0.2, 0) is 9.59 Å². The molecule has 0 aliphatic rings. The Bertz CT molecular complexity index is 1170. The molecule has 164 valence electrons. The first-order valence-electron chi connectivity index (χ1n) is 7.83.